The van der Waals surface area contributed by atoms with Crippen LogP contribution >= 0.6 is 12.2 Å². The molecule has 2 aromatic carbocycles. The molecule has 0 aliphatic heterocycles. The zero-order valence-corrected chi connectivity index (χ0v) is 14.3. The minimum absolute atomic E-state index is 0.00693. The van der Waals surface area contributed by atoms with Gasteiger partial charge in [0.05, 0.1) is 6.04 Å². The molecule has 118 valence electrons. The Labute approximate surface area is 141 Å². The summed E-state index contributed by atoms with van der Waals surface area (Å²) >= 11 is 5.43. The fourth-order valence-electron chi connectivity index (χ4n) is 2.53. The van der Waals surface area contributed by atoms with E-state index in [1.807, 2.05) is 49.4 Å². The van der Waals surface area contributed by atoms with Gasteiger partial charge in [-0.05, 0) is 62.3 Å². The summed E-state index contributed by atoms with van der Waals surface area (Å²) in [6, 6.07) is 16.2. The Morgan fingerprint density at radius 1 is 1.09 bits per heavy atom. The summed E-state index contributed by atoms with van der Waals surface area (Å²) in [4.78, 5) is 0. The molecule has 3 aromatic rings. The van der Waals surface area contributed by atoms with Crippen molar-refractivity contribution < 1.29 is 4.42 Å². The van der Waals surface area contributed by atoms with Crippen LogP contribution in [0.3, 0.4) is 0 Å². The molecule has 0 amide bonds. The lowest BCUT2D eigenvalue weighted by Gasteiger charge is -2.17. The number of fused-ring (bicyclic) bond motifs is 1. The second kappa shape index (κ2) is 6.42. The standard InChI is InChI=1S/C19H20N2OS/c1-12-7-6-9-16(13(12)2)21-19(23)20-14(3)18-11-15-8-4-5-10-17(15)22-18/h4-11,14H,1-3H3,(H2,20,21,23)/t14-/m1/s1. The van der Waals surface area contributed by atoms with Crippen LogP contribution in [-0.2, 0) is 0 Å². The van der Waals surface area contributed by atoms with Gasteiger partial charge >= 0.3 is 0 Å². The van der Waals surface area contributed by atoms with Crippen molar-refractivity contribution in [2.24, 2.45) is 0 Å². The lowest BCUT2D eigenvalue weighted by Crippen LogP contribution is -2.31. The van der Waals surface area contributed by atoms with E-state index in [0.29, 0.717) is 5.11 Å². The van der Waals surface area contributed by atoms with Gasteiger partial charge in [-0.1, -0.05) is 30.3 Å². The van der Waals surface area contributed by atoms with Gasteiger partial charge in [0, 0.05) is 11.1 Å². The van der Waals surface area contributed by atoms with Crippen molar-refractivity contribution in [2.45, 2.75) is 26.8 Å². The topological polar surface area (TPSA) is 37.2 Å². The van der Waals surface area contributed by atoms with E-state index in [9.17, 15) is 0 Å². The first kappa shape index (κ1) is 15.6. The Hall–Kier alpha value is -2.33. The third kappa shape index (κ3) is 3.37. The summed E-state index contributed by atoms with van der Waals surface area (Å²) in [5.74, 6) is 0.872. The average Bonchev–Trinajstić information content (AvgIpc) is 2.96. The maximum atomic E-state index is 5.87. The monoisotopic (exact) mass is 324 g/mol. The van der Waals surface area contributed by atoms with E-state index in [2.05, 4.69) is 30.5 Å². The molecule has 1 aromatic heterocycles. The van der Waals surface area contributed by atoms with Crippen molar-refractivity contribution >= 4 is 34.0 Å². The molecule has 0 bridgehead atoms. The molecule has 1 heterocycles. The number of hydrogen-bond acceptors (Lipinski definition) is 2. The maximum absolute atomic E-state index is 5.87. The minimum Gasteiger partial charge on any atom is -0.459 e. The second-order valence-electron chi connectivity index (χ2n) is 5.75. The highest BCUT2D eigenvalue weighted by molar-refractivity contribution is 7.80. The first-order valence-electron chi connectivity index (χ1n) is 7.67. The van der Waals surface area contributed by atoms with Crippen molar-refractivity contribution in [3.05, 3.63) is 65.4 Å². The number of thiocarbonyl (C=S) groups is 1. The summed E-state index contributed by atoms with van der Waals surface area (Å²) in [5, 5.41) is 8.23. The predicted octanol–water partition coefficient (Wildman–Crippen LogP) is 5.10. The highest BCUT2D eigenvalue weighted by Crippen LogP contribution is 2.24. The Kier molecular flexibility index (Phi) is 4.35. The van der Waals surface area contributed by atoms with Crippen molar-refractivity contribution in [1.82, 2.24) is 5.32 Å². The minimum atomic E-state index is -0.00693. The first-order valence-corrected chi connectivity index (χ1v) is 8.07. The molecule has 0 aliphatic carbocycles. The normalized spacial score (nSPS) is 12.1. The Morgan fingerprint density at radius 3 is 2.65 bits per heavy atom. The predicted molar refractivity (Wildman–Crippen MR) is 99.9 cm³/mol. The van der Waals surface area contributed by atoms with Gasteiger partial charge in [-0.3, -0.25) is 0 Å². The molecule has 0 fully saturated rings. The Bertz CT molecular complexity index is 820. The summed E-state index contributed by atoms with van der Waals surface area (Å²) in [7, 11) is 0. The highest BCUT2D eigenvalue weighted by Gasteiger charge is 2.13. The van der Waals surface area contributed by atoms with E-state index in [-0.39, 0.29) is 6.04 Å². The molecule has 0 saturated carbocycles. The SMILES string of the molecule is Cc1cccc(NC(=S)N[C@H](C)c2cc3ccccc3o2)c1C. The molecule has 4 heteroatoms. The van der Waals surface area contributed by atoms with Gasteiger partial charge in [-0.25, -0.2) is 0 Å². The molecule has 3 nitrogen and oxygen atoms in total. The molecule has 0 aliphatic rings. The summed E-state index contributed by atoms with van der Waals surface area (Å²) in [6.45, 7) is 6.21. The Morgan fingerprint density at radius 2 is 1.87 bits per heavy atom. The maximum Gasteiger partial charge on any atom is 0.171 e. The van der Waals surface area contributed by atoms with E-state index in [1.54, 1.807) is 0 Å². The van der Waals surface area contributed by atoms with Gasteiger partial charge in [0.15, 0.2) is 5.11 Å². The van der Waals surface area contributed by atoms with Gasteiger partial charge in [0.2, 0.25) is 0 Å². The fourth-order valence-corrected chi connectivity index (χ4v) is 2.82. The molecule has 2 N–H and O–H groups in total. The van der Waals surface area contributed by atoms with Crippen LogP contribution in [0, 0.1) is 13.8 Å². The lowest BCUT2D eigenvalue weighted by atomic mass is 10.1. The zero-order chi connectivity index (χ0) is 16.4. The van der Waals surface area contributed by atoms with Crippen LogP contribution < -0.4 is 10.6 Å². The van der Waals surface area contributed by atoms with Crippen LogP contribution in [0.15, 0.2) is 52.9 Å². The van der Waals surface area contributed by atoms with E-state index in [0.717, 1.165) is 22.4 Å². The van der Waals surface area contributed by atoms with Crippen molar-refractivity contribution in [2.75, 3.05) is 5.32 Å². The molecular formula is C19H20N2OS. The number of furan rings is 1. The quantitative estimate of drug-likeness (QED) is 0.658. The van der Waals surface area contributed by atoms with Crippen LogP contribution in [0.25, 0.3) is 11.0 Å². The van der Waals surface area contributed by atoms with Gasteiger partial charge < -0.3 is 15.1 Å². The van der Waals surface area contributed by atoms with Gasteiger partial charge in [-0.15, -0.1) is 0 Å². The largest absolute Gasteiger partial charge is 0.459 e. The van der Waals surface area contributed by atoms with Crippen LogP contribution in [0.4, 0.5) is 5.69 Å². The highest BCUT2D eigenvalue weighted by atomic mass is 32.1. The second-order valence-corrected chi connectivity index (χ2v) is 6.16. The number of para-hydroxylation sites is 1. The van der Waals surface area contributed by atoms with Gasteiger partial charge in [0.25, 0.3) is 0 Å². The fraction of sp³-hybridized carbons (Fsp3) is 0.211. The number of hydrogen-bond donors (Lipinski definition) is 2. The van der Waals surface area contributed by atoms with Crippen LogP contribution in [-0.4, -0.2) is 5.11 Å². The van der Waals surface area contributed by atoms with E-state index in [4.69, 9.17) is 16.6 Å². The van der Waals surface area contributed by atoms with Crippen molar-refractivity contribution in [3.8, 4) is 0 Å². The Balaban J connectivity index is 1.70. The van der Waals surface area contributed by atoms with E-state index >= 15 is 0 Å². The number of benzene rings is 2. The zero-order valence-electron chi connectivity index (χ0n) is 13.5. The smallest absolute Gasteiger partial charge is 0.171 e. The molecule has 0 spiro atoms. The van der Waals surface area contributed by atoms with Crippen molar-refractivity contribution in [1.29, 1.82) is 0 Å². The van der Waals surface area contributed by atoms with E-state index in [1.165, 1.54) is 11.1 Å². The molecule has 0 radical (unpaired) electrons. The molecular weight excluding hydrogens is 304 g/mol. The molecule has 3 rings (SSSR count). The number of anilines is 1. The summed E-state index contributed by atoms with van der Waals surface area (Å²) in [6.07, 6.45) is 0. The molecule has 1 atom stereocenters. The van der Waals surface area contributed by atoms with Gasteiger partial charge in [0.1, 0.15) is 11.3 Å². The third-order valence-electron chi connectivity index (χ3n) is 4.07. The van der Waals surface area contributed by atoms with Crippen molar-refractivity contribution in [3.63, 3.8) is 0 Å². The third-order valence-corrected chi connectivity index (χ3v) is 4.29. The van der Waals surface area contributed by atoms with Crippen LogP contribution in [0.1, 0.15) is 29.9 Å². The number of aryl methyl sites for hydroxylation is 1. The number of nitrogens with one attached hydrogen (secondary N) is 2. The van der Waals surface area contributed by atoms with Gasteiger partial charge in [-0.2, -0.15) is 0 Å². The molecule has 0 unspecified atom stereocenters. The molecule has 23 heavy (non-hydrogen) atoms. The first-order chi connectivity index (χ1) is 11.0. The summed E-state index contributed by atoms with van der Waals surface area (Å²) < 4.78 is 5.87. The number of rotatable bonds is 3. The average molecular weight is 324 g/mol. The lowest BCUT2D eigenvalue weighted by molar-refractivity contribution is 0.493. The van der Waals surface area contributed by atoms with Crippen LogP contribution in [0.5, 0.6) is 0 Å². The summed E-state index contributed by atoms with van der Waals surface area (Å²) in [5.41, 5.74) is 4.36. The van der Waals surface area contributed by atoms with Crippen LogP contribution in [0.2, 0.25) is 0 Å². The molecule has 0 saturated heterocycles. The van der Waals surface area contributed by atoms with E-state index < -0.39 is 0 Å².